The number of imide groups is 1. The molecule has 7 nitrogen and oxygen atoms in total. The van der Waals surface area contributed by atoms with Crippen LogP contribution in [-0.4, -0.2) is 61.0 Å². The van der Waals surface area contributed by atoms with Crippen LogP contribution in [0.2, 0.25) is 0 Å². The molecule has 1 unspecified atom stereocenters. The van der Waals surface area contributed by atoms with Crippen LogP contribution in [0, 0.1) is 0 Å². The third-order valence-corrected chi connectivity index (χ3v) is 4.18. The van der Waals surface area contributed by atoms with Crippen molar-refractivity contribution in [3.63, 3.8) is 0 Å². The van der Waals surface area contributed by atoms with Gasteiger partial charge in [0.05, 0.1) is 11.4 Å². The number of likely N-dealkylation sites (N-methyl/N-ethyl adjacent to an activating group) is 3. The van der Waals surface area contributed by atoms with E-state index in [1.165, 1.54) is 19.1 Å². The number of aliphatic imine (C=N–C) groups is 1. The monoisotopic (exact) mass is 302 g/mol. The molecule has 1 saturated heterocycles. The van der Waals surface area contributed by atoms with E-state index >= 15 is 0 Å². The van der Waals surface area contributed by atoms with Crippen LogP contribution in [0.3, 0.4) is 0 Å². The molecule has 22 heavy (non-hydrogen) atoms. The molecule has 0 spiro atoms. The number of hydrogen-bond acceptors (Lipinski definition) is 5. The van der Waals surface area contributed by atoms with Crippen LogP contribution in [0.25, 0.3) is 0 Å². The molecule has 1 aromatic carbocycles. The van der Waals surface area contributed by atoms with Gasteiger partial charge in [0.1, 0.15) is 0 Å². The van der Waals surface area contributed by atoms with Gasteiger partial charge < -0.3 is 9.64 Å². The molecule has 1 fully saturated rings. The molecule has 3 amide bonds. The van der Waals surface area contributed by atoms with Crippen molar-refractivity contribution in [3.8, 4) is 0 Å². The molecule has 7 heteroatoms. The summed E-state index contributed by atoms with van der Waals surface area (Å²) in [6.07, 6.45) is 0. The quantitative estimate of drug-likeness (QED) is 0.829. The lowest BCUT2D eigenvalue weighted by atomic mass is 10.0. The van der Waals surface area contributed by atoms with E-state index in [4.69, 9.17) is 4.74 Å². The first-order chi connectivity index (χ1) is 10.5. The third-order valence-electron chi connectivity index (χ3n) is 4.18. The summed E-state index contributed by atoms with van der Waals surface area (Å²) in [7, 11) is 4.51. The SMILES string of the molecule is CCN1c2ccccc2N=C2N(C)C(=O)N(C)C(=O)C21OC. The lowest BCUT2D eigenvalue weighted by Crippen LogP contribution is -2.75. The second-order valence-corrected chi connectivity index (χ2v) is 5.22. The average molecular weight is 302 g/mol. The average Bonchev–Trinajstić information content (AvgIpc) is 2.56. The molecule has 0 saturated carbocycles. The maximum Gasteiger partial charge on any atom is 0.331 e. The summed E-state index contributed by atoms with van der Waals surface area (Å²) in [6, 6.07) is 7.08. The summed E-state index contributed by atoms with van der Waals surface area (Å²) < 4.78 is 5.65. The summed E-state index contributed by atoms with van der Waals surface area (Å²) >= 11 is 0. The number of anilines is 1. The Morgan fingerprint density at radius 2 is 1.86 bits per heavy atom. The van der Waals surface area contributed by atoms with Crippen molar-refractivity contribution >= 4 is 29.1 Å². The summed E-state index contributed by atoms with van der Waals surface area (Å²) in [5.74, 6) is -0.142. The number of urea groups is 1. The minimum Gasteiger partial charge on any atom is -0.344 e. The highest BCUT2D eigenvalue weighted by Crippen LogP contribution is 2.42. The van der Waals surface area contributed by atoms with Gasteiger partial charge in [0.15, 0.2) is 5.84 Å². The normalized spacial score (nSPS) is 24.2. The van der Waals surface area contributed by atoms with Crippen LogP contribution in [0.1, 0.15) is 6.92 Å². The number of methoxy groups -OCH3 is 1. The van der Waals surface area contributed by atoms with Crippen molar-refractivity contribution in [1.82, 2.24) is 9.80 Å². The van der Waals surface area contributed by atoms with Crippen LogP contribution in [-0.2, 0) is 9.53 Å². The van der Waals surface area contributed by atoms with Crippen molar-refractivity contribution in [2.45, 2.75) is 12.6 Å². The highest BCUT2D eigenvalue weighted by molar-refractivity contribution is 6.26. The van der Waals surface area contributed by atoms with Gasteiger partial charge in [-0.3, -0.25) is 14.6 Å². The first-order valence-corrected chi connectivity index (χ1v) is 7.05. The third kappa shape index (κ3) is 1.57. The van der Waals surface area contributed by atoms with Gasteiger partial charge in [-0.25, -0.2) is 9.79 Å². The lowest BCUT2D eigenvalue weighted by molar-refractivity contribution is -0.145. The van der Waals surface area contributed by atoms with E-state index in [9.17, 15) is 9.59 Å². The summed E-state index contributed by atoms with van der Waals surface area (Å²) in [5, 5.41) is 0. The molecule has 2 heterocycles. The van der Waals surface area contributed by atoms with Gasteiger partial charge in [0.2, 0.25) is 0 Å². The van der Waals surface area contributed by atoms with Crippen molar-refractivity contribution in [2.75, 3.05) is 32.6 Å². The predicted octanol–water partition coefficient (Wildman–Crippen LogP) is 1.42. The number of benzene rings is 1. The largest absolute Gasteiger partial charge is 0.344 e. The summed E-state index contributed by atoms with van der Waals surface area (Å²) in [6.45, 7) is 2.47. The zero-order chi connectivity index (χ0) is 16.1. The van der Waals surface area contributed by atoms with Gasteiger partial charge in [-0.1, -0.05) is 12.1 Å². The van der Waals surface area contributed by atoms with Gasteiger partial charge >= 0.3 is 6.03 Å². The van der Waals surface area contributed by atoms with Crippen molar-refractivity contribution in [3.05, 3.63) is 24.3 Å². The number of ether oxygens (including phenoxy) is 1. The molecule has 116 valence electrons. The molecule has 0 bridgehead atoms. The number of fused-ring (bicyclic) bond motifs is 2. The Labute approximate surface area is 128 Å². The number of amidine groups is 1. The summed E-state index contributed by atoms with van der Waals surface area (Å²) in [5.41, 5.74) is 0.102. The van der Waals surface area contributed by atoms with Crippen molar-refractivity contribution in [1.29, 1.82) is 0 Å². The van der Waals surface area contributed by atoms with Gasteiger partial charge in [0, 0.05) is 27.7 Å². The van der Waals surface area contributed by atoms with Gasteiger partial charge in [-0.05, 0) is 19.1 Å². The Bertz CT molecular complexity index is 687. The Balaban J connectivity index is 2.32. The number of carbonyl (C=O) groups excluding carboxylic acids is 2. The Hall–Kier alpha value is -2.41. The fourth-order valence-electron chi connectivity index (χ4n) is 3.09. The van der Waals surface area contributed by atoms with Crippen LogP contribution >= 0.6 is 0 Å². The minimum absolute atomic E-state index is 0.295. The van der Waals surface area contributed by atoms with Crippen LogP contribution in [0.4, 0.5) is 16.2 Å². The smallest absolute Gasteiger partial charge is 0.331 e. The summed E-state index contributed by atoms with van der Waals surface area (Å²) in [4.78, 5) is 33.9. The van der Waals surface area contributed by atoms with Crippen LogP contribution in [0.15, 0.2) is 29.3 Å². The first kappa shape index (κ1) is 14.5. The van der Waals surface area contributed by atoms with Gasteiger partial charge in [0.25, 0.3) is 11.6 Å². The molecule has 0 aliphatic carbocycles. The standard InChI is InChI=1S/C15H18N4O3/c1-5-19-11-9-7-6-8-10(11)16-12-15(19,22-4)13(20)18(3)14(21)17(12)2/h6-9H,5H2,1-4H3. The predicted molar refractivity (Wildman–Crippen MR) is 82.2 cm³/mol. The van der Waals surface area contributed by atoms with E-state index in [1.807, 2.05) is 36.1 Å². The van der Waals surface area contributed by atoms with Gasteiger partial charge in [-0.2, -0.15) is 0 Å². The second kappa shape index (κ2) is 4.81. The molecule has 1 aromatic rings. The highest BCUT2D eigenvalue weighted by atomic mass is 16.5. The van der Waals surface area contributed by atoms with Gasteiger partial charge in [-0.15, -0.1) is 0 Å². The Kier molecular flexibility index (Phi) is 3.17. The zero-order valence-electron chi connectivity index (χ0n) is 13.0. The van der Waals surface area contributed by atoms with E-state index in [-0.39, 0.29) is 0 Å². The molecule has 1 atom stereocenters. The fraction of sp³-hybridized carbons (Fsp3) is 0.400. The van der Waals surface area contributed by atoms with Crippen LogP contribution < -0.4 is 4.90 Å². The molecule has 2 aliphatic rings. The number of nitrogens with zero attached hydrogens (tertiary/aromatic N) is 4. The van der Waals surface area contributed by atoms with E-state index in [0.29, 0.717) is 18.1 Å². The topological polar surface area (TPSA) is 65.5 Å². The highest BCUT2D eigenvalue weighted by Gasteiger charge is 2.60. The number of carbonyl (C=O) groups is 2. The van der Waals surface area contributed by atoms with E-state index in [0.717, 1.165) is 10.6 Å². The van der Waals surface area contributed by atoms with Crippen molar-refractivity contribution < 1.29 is 14.3 Å². The Morgan fingerprint density at radius 3 is 2.50 bits per heavy atom. The molecule has 0 N–H and O–H groups in total. The maximum atomic E-state index is 12.9. The minimum atomic E-state index is -1.42. The lowest BCUT2D eigenvalue weighted by Gasteiger charge is -2.51. The number of rotatable bonds is 2. The number of hydrogen-bond donors (Lipinski definition) is 0. The van der Waals surface area contributed by atoms with Crippen molar-refractivity contribution in [2.24, 2.45) is 4.99 Å². The molecule has 3 rings (SSSR count). The van der Waals surface area contributed by atoms with E-state index < -0.39 is 17.7 Å². The number of para-hydroxylation sites is 2. The second-order valence-electron chi connectivity index (χ2n) is 5.22. The fourth-order valence-corrected chi connectivity index (χ4v) is 3.09. The molecule has 0 aromatic heterocycles. The Morgan fingerprint density at radius 1 is 1.18 bits per heavy atom. The van der Waals surface area contributed by atoms with E-state index in [2.05, 4.69) is 4.99 Å². The van der Waals surface area contributed by atoms with E-state index in [1.54, 1.807) is 7.05 Å². The molecule has 2 aliphatic heterocycles. The first-order valence-electron chi connectivity index (χ1n) is 7.05. The molecule has 0 radical (unpaired) electrons. The maximum absolute atomic E-state index is 12.9. The molecular weight excluding hydrogens is 284 g/mol. The molecular formula is C15H18N4O3. The number of amides is 3. The zero-order valence-corrected chi connectivity index (χ0v) is 13.0. The van der Waals surface area contributed by atoms with Crippen LogP contribution in [0.5, 0.6) is 0 Å².